The van der Waals surface area contributed by atoms with Gasteiger partial charge >= 0.3 is 6.09 Å². The zero-order valence-corrected chi connectivity index (χ0v) is 17.4. The summed E-state index contributed by atoms with van der Waals surface area (Å²) in [6.07, 6.45) is 3.10. The number of nitrogens with one attached hydrogen (secondary N) is 1. The molecule has 2 fully saturated rings. The lowest BCUT2D eigenvalue weighted by Crippen LogP contribution is -2.47. The van der Waals surface area contributed by atoms with E-state index in [9.17, 15) is 9.59 Å². The summed E-state index contributed by atoms with van der Waals surface area (Å²) in [6.45, 7) is 7.64. The quantitative estimate of drug-likeness (QED) is 0.840. The van der Waals surface area contributed by atoms with Crippen molar-refractivity contribution in [3.8, 4) is 11.5 Å². The minimum atomic E-state index is -0.539. The molecule has 3 aliphatic rings. The maximum Gasteiger partial charge on any atom is 0.410 e. The van der Waals surface area contributed by atoms with Gasteiger partial charge in [-0.2, -0.15) is 0 Å². The van der Waals surface area contributed by atoms with E-state index in [0.29, 0.717) is 55.2 Å². The Hall–Kier alpha value is -2.44. The van der Waals surface area contributed by atoms with Gasteiger partial charge in [0.2, 0.25) is 0 Å². The molecule has 1 aromatic rings. The predicted octanol–water partition coefficient (Wildman–Crippen LogP) is 3.22. The number of benzene rings is 1. The smallest absolute Gasteiger partial charge is 0.410 e. The molecule has 1 aliphatic carbocycles. The van der Waals surface area contributed by atoms with Gasteiger partial charge in [-0.25, -0.2) is 4.79 Å². The molecule has 0 radical (unpaired) electrons. The maximum absolute atomic E-state index is 12.9. The Bertz CT molecular complexity index is 788. The third-order valence-corrected chi connectivity index (χ3v) is 5.95. The van der Waals surface area contributed by atoms with Gasteiger partial charge in [-0.3, -0.25) is 4.79 Å². The van der Waals surface area contributed by atoms with Crippen molar-refractivity contribution in [1.29, 1.82) is 0 Å². The molecule has 2 unspecified atom stereocenters. The lowest BCUT2D eigenvalue weighted by molar-refractivity contribution is 0.0200. The Labute approximate surface area is 171 Å². The standard InChI is InChI=1S/C22H30N2O5/c1-22(2,3)29-21(26)24-13-14-6-4-7-15(14)17(24)12-23-20(25)16-8-5-9-18-19(16)28-11-10-27-18/h5,8-9,14-15,17H,4,6-7,10-13H2,1-3H3,(H,23,25)/t14?,15-,17?/m0/s1. The zero-order valence-electron chi connectivity index (χ0n) is 17.4. The van der Waals surface area contributed by atoms with Crippen LogP contribution in [0.2, 0.25) is 0 Å². The Morgan fingerprint density at radius 2 is 2.00 bits per heavy atom. The molecular formula is C22H30N2O5. The summed E-state index contributed by atoms with van der Waals surface area (Å²) >= 11 is 0. The summed E-state index contributed by atoms with van der Waals surface area (Å²) < 4.78 is 16.9. The minimum absolute atomic E-state index is 0.0435. The van der Waals surface area contributed by atoms with Gasteiger partial charge in [0.15, 0.2) is 11.5 Å². The molecule has 2 amide bonds. The van der Waals surface area contributed by atoms with Crippen molar-refractivity contribution in [3.05, 3.63) is 23.8 Å². The van der Waals surface area contributed by atoms with E-state index in [4.69, 9.17) is 14.2 Å². The Morgan fingerprint density at radius 3 is 2.79 bits per heavy atom. The molecule has 0 bridgehead atoms. The number of rotatable bonds is 3. The molecule has 1 N–H and O–H groups in total. The summed E-state index contributed by atoms with van der Waals surface area (Å²) in [4.78, 5) is 27.5. The molecule has 4 rings (SSSR count). The van der Waals surface area contributed by atoms with Gasteiger partial charge in [-0.15, -0.1) is 0 Å². The minimum Gasteiger partial charge on any atom is -0.486 e. The van der Waals surface area contributed by atoms with Crippen LogP contribution < -0.4 is 14.8 Å². The molecule has 2 heterocycles. The van der Waals surface area contributed by atoms with Crippen LogP contribution in [0.3, 0.4) is 0 Å². The average molecular weight is 402 g/mol. The Balaban J connectivity index is 1.47. The van der Waals surface area contributed by atoms with Crippen molar-refractivity contribution in [2.45, 2.75) is 51.7 Å². The highest BCUT2D eigenvalue weighted by molar-refractivity contribution is 5.97. The molecule has 1 saturated carbocycles. The van der Waals surface area contributed by atoms with Crippen molar-refractivity contribution in [3.63, 3.8) is 0 Å². The Morgan fingerprint density at radius 1 is 1.21 bits per heavy atom. The molecule has 2 aliphatic heterocycles. The first-order valence-corrected chi connectivity index (χ1v) is 10.5. The van der Waals surface area contributed by atoms with Gasteiger partial charge in [0.25, 0.3) is 5.91 Å². The molecule has 158 valence electrons. The first-order valence-electron chi connectivity index (χ1n) is 10.5. The topological polar surface area (TPSA) is 77.1 Å². The second-order valence-corrected chi connectivity index (χ2v) is 9.09. The van der Waals surface area contributed by atoms with Crippen LogP contribution in [0.25, 0.3) is 0 Å². The molecule has 3 atom stereocenters. The highest BCUT2D eigenvalue weighted by Crippen LogP contribution is 2.42. The second kappa shape index (κ2) is 7.76. The number of amides is 2. The monoisotopic (exact) mass is 402 g/mol. The fourth-order valence-corrected chi connectivity index (χ4v) is 4.76. The van der Waals surface area contributed by atoms with Crippen molar-refractivity contribution in [2.24, 2.45) is 11.8 Å². The van der Waals surface area contributed by atoms with Crippen molar-refractivity contribution < 1.29 is 23.8 Å². The van der Waals surface area contributed by atoms with Crippen LogP contribution in [0.5, 0.6) is 11.5 Å². The first-order chi connectivity index (χ1) is 13.8. The van der Waals surface area contributed by atoms with Gasteiger partial charge in [0.05, 0.1) is 11.6 Å². The van der Waals surface area contributed by atoms with Crippen LogP contribution in [-0.2, 0) is 4.74 Å². The zero-order chi connectivity index (χ0) is 20.6. The van der Waals surface area contributed by atoms with Gasteiger partial charge in [0, 0.05) is 13.1 Å². The fraction of sp³-hybridized carbons (Fsp3) is 0.636. The third-order valence-electron chi connectivity index (χ3n) is 5.95. The van der Waals surface area contributed by atoms with E-state index < -0.39 is 5.60 Å². The Kier molecular flexibility index (Phi) is 5.32. The van der Waals surface area contributed by atoms with Crippen molar-refractivity contribution >= 4 is 12.0 Å². The van der Waals surface area contributed by atoms with E-state index in [1.807, 2.05) is 25.7 Å². The summed E-state index contributed by atoms with van der Waals surface area (Å²) in [5, 5.41) is 3.03. The number of hydrogen-bond donors (Lipinski definition) is 1. The summed E-state index contributed by atoms with van der Waals surface area (Å²) in [7, 11) is 0. The van der Waals surface area contributed by atoms with E-state index in [1.165, 1.54) is 6.42 Å². The van der Waals surface area contributed by atoms with Crippen molar-refractivity contribution in [2.75, 3.05) is 26.3 Å². The molecular weight excluding hydrogens is 372 g/mol. The van der Waals surface area contributed by atoms with E-state index in [-0.39, 0.29) is 18.0 Å². The second-order valence-electron chi connectivity index (χ2n) is 9.09. The predicted molar refractivity (Wildman–Crippen MR) is 107 cm³/mol. The number of nitrogens with zero attached hydrogens (tertiary/aromatic N) is 1. The number of fused-ring (bicyclic) bond motifs is 2. The van der Waals surface area contributed by atoms with Gasteiger partial charge < -0.3 is 24.4 Å². The van der Waals surface area contributed by atoms with Crippen LogP contribution in [0.4, 0.5) is 4.79 Å². The third kappa shape index (κ3) is 4.14. The van der Waals surface area contributed by atoms with Crippen molar-refractivity contribution in [1.82, 2.24) is 10.2 Å². The molecule has 29 heavy (non-hydrogen) atoms. The van der Waals surface area contributed by atoms with Gasteiger partial charge in [-0.05, 0) is 57.6 Å². The highest BCUT2D eigenvalue weighted by Gasteiger charge is 2.47. The summed E-state index contributed by atoms with van der Waals surface area (Å²) in [6, 6.07) is 5.28. The van der Waals surface area contributed by atoms with E-state index in [0.717, 1.165) is 12.8 Å². The molecule has 1 aromatic carbocycles. The van der Waals surface area contributed by atoms with Gasteiger partial charge in [0.1, 0.15) is 18.8 Å². The molecule has 1 saturated heterocycles. The summed E-state index contributed by atoms with van der Waals surface area (Å²) in [5.74, 6) is 1.78. The normalized spacial score (nSPS) is 25.5. The number of ether oxygens (including phenoxy) is 3. The van der Waals surface area contributed by atoms with Crippen LogP contribution in [0, 0.1) is 11.8 Å². The summed E-state index contributed by atoms with van der Waals surface area (Å²) in [5.41, 5.74) is -0.0739. The average Bonchev–Trinajstić information content (AvgIpc) is 3.26. The highest BCUT2D eigenvalue weighted by atomic mass is 16.6. The number of likely N-dealkylation sites (tertiary alicyclic amines) is 1. The van der Waals surface area contributed by atoms with Crippen LogP contribution in [-0.4, -0.2) is 54.8 Å². The number of carbonyl (C=O) groups is 2. The SMILES string of the molecule is CC(C)(C)OC(=O)N1CC2CCC[C@@H]2C1CNC(=O)c1cccc2c1OCCO2. The number of hydrogen-bond acceptors (Lipinski definition) is 5. The number of para-hydroxylation sites is 1. The van der Waals surface area contributed by atoms with Crippen LogP contribution >= 0.6 is 0 Å². The fourth-order valence-electron chi connectivity index (χ4n) is 4.76. The molecule has 0 aromatic heterocycles. The lowest BCUT2D eigenvalue weighted by atomic mass is 9.94. The largest absolute Gasteiger partial charge is 0.486 e. The van der Waals surface area contributed by atoms with Gasteiger partial charge in [-0.1, -0.05) is 12.5 Å². The molecule has 0 spiro atoms. The lowest BCUT2D eigenvalue weighted by Gasteiger charge is -2.30. The van der Waals surface area contributed by atoms with E-state index >= 15 is 0 Å². The van der Waals surface area contributed by atoms with E-state index in [1.54, 1.807) is 18.2 Å². The molecule has 7 heteroatoms. The van der Waals surface area contributed by atoms with Crippen LogP contribution in [0.1, 0.15) is 50.4 Å². The first kappa shape index (κ1) is 19.9. The van der Waals surface area contributed by atoms with E-state index in [2.05, 4.69) is 5.32 Å². The number of carbonyl (C=O) groups excluding carboxylic acids is 2. The maximum atomic E-state index is 12.9. The molecule has 7 nitrogen and oxygen atoms in total. The van der Waals surface area contributed by atoms with Crippen LogP contribution in [0.15, 0.2) is 18.2 Å².